The second kappa shape index (κ2) is 8.64. The Morgan fingerprint density at radius 1 is 1.16 bits per heavy atom. The fourth-order valence-corrected chi connectivity index (χ4v) is 4.13. The molecule has 10 heteroatoms. The van der Waals surface area contributed by atoms with Gasteiger partial charge in [-0.25, -0.2) is 4.98 Å². The first-order valence-electron chi connectivity index (χ1n) is 9.68. The van der Waals surface area contributed by atoms with E-state index in [-0.39, 0.29) is 11.1 Å². The van der Waals surface area contributed by atoms with Gasteiger partial charge in [0.1, 0.15) is 22.2 Å². The molecule has 1 amide bonds. The number of amides is 1. The Balaban J connectivity index is 1.52. The Labute approximate surface area is 188 Å². The number of hydrogen-bond acceptors (Lipinski definition) is 6. The molecule has 31 heavy (non-hydrogen) atoms. The zero-order valence-corrected chi connectivity index (χ0v) is 18.5. The monoisotopic (exact) mass is 460 g/mol. The Hall–Kier alpha value is -2.97. The van der Waals surface area contributed by atoms with Crippen molar-refractivity contribution in [1.82, 2.24) is 15.0 Å². The van der Waals surface area contributed by atoms with Crippen molar-refractivity contribution in [2.24, 2.45) is 0 Å². The molecule has 0 atom stereocenters. The number of nitroso groups, excluding NO2 is 1. The summed E-state index contributed by atoms with van der Waals surface area (Å²) in [5.41, 5.74) is 2.67. The predicted octanol–water partition coefficient (Wildman–Crippen LogP) is 4.35. The molecular formula is C21H20Cl2N5O3+. The molecule has 0 spiro atoms. The van der Waals surface area contributed by atoms with Gasteiger partial charge in [0.15, 0.2) is 7.05 Å². The van der Waals surface area contributed by atoms with Crippen LogP contribution in [0.15, 0.2) is 41.1 Å². The molecule has 0 saturated carbocycles. The van der Waals surface area contributed by atoms with Crippen LogP contribution in [0, 0.1) is 11.8 Å². The number of benzene rings is 1. The zero-order chi connectivity index (χ0) is 22.1. The van der Waals surface area contributed by atoms with E-state index in [9.17, 15) is 9.70 Å². The summed E-state index contributed by atoms with van der Waals surface area (Å²) in [4.78, 5) is 32.7. The van der Waals surface area contributed by atoms with Gasteiger partial charge in [0.25, 0.3) is 11.6 Å². The zero-order valence-electron chi connectivity index (χ0n) is 17.0. The van der Waals surface area contributed by atoms with E-state index in [0.717, 1.165) is 10.4 Å². The highest BCUT2D eigenvalue weighted by atomic mass is 35.5. The van der Waals surface area contributed by atoms with Crippen molar-refractivity contribution in [2.45, 2.75) is 6.92 Å². The van der Waals surface area contributed by atoms with Crippen LogP contribution in [0.5, 0.6) is 0 Å². The number of pyridine rings is 1. The van der Waals surface area contributed by atoms with Crippen LogP contribution in [0.1, 0.15) is 16.1 Å². The van der Waals surface area contributed by atoms with Crippen molar-refractivity contribution >= 4 is 40.5 Å². The highest BCUT2D eigenvalue weighted by Gasteiger charge is 2.30. The number of carbonyl (C=O) groups is 1. The molecule has 3 heterocycles. The number of anilines is 1. The van der Waals surface area contributed by atoms with Gasteiger partial charge in [-0.3, -0.25) is 4.79 Å². The summed E-state index contributed by atoms with van der Waals surface area (Å²) in [6.45, 7) is 3.92. The number of piperazine rings is 1. The van der Waals surface area contributed by atoms with Crippen LogP contribution < -0.4 is 4.90 Å². The van der Waals surface area contributed by atoms with Gasteiger partial charge in [0.2, 0.25) is 0 Å². The Morgan fingerprint density at radius 2 is 1.90 bits per heavy atom. The Kier molecular flexibility index (Phi) is 5.93. The lowest BCUT2D eigenvalue weighted by molar-refractivity contribution is -0.428. The van der Waals surface area contributed by atoms with Gasteiger partial charge in [0, 0.05) is 59.7 Å². The van der Waals surface area contributed by atoms with E-state index in [1.807, 2.05) is 6.07 Å². The molecule has 0 unspecified atom stereocenters. The molecule has 0 aliphatic carbocycles. The lowest BCUT2D eigenvalue weighted by atomic mass is 10.1. The molecule has 4 rings (SSSR count). The van der Waals surface area contributed by atoms with Crippen LogP contribution in [0.2, 0.25) is 10.2 Å². The average molecular weight is 461 g/mol. The number of hydrogen-bond donors (Lipinski definition) is 0. The van der Waals surface area contributed by atoms with Crippen LogP contribution in [-0.2, 0) is 0 Å². The highest BCUT2D eigenvalue weighted by Crippen LogP contribution is 2.32. The number of halogens is 2. The average Bonchev–Trinajstić information content (AvgIpc) is 3.14. The number of aromatic nitrogens is 2. The Morgan fingerprint density at radius 3 is 2.55 bits per heavy atom. The molecule has 0 N–H and O–H groups in total. The van der Waals surface area contributed by atoms with Crippen LogP contribution in [0.25, 0.3) is 11.3 Å². The molecule has 1 aromatic carbocycles. The summed E-state index contributed by atoms with van der Waals surface area (Å²) < 4.78 is 6.08. The summed E-state index contributed by atoms with van der Waals surface area (Å²) in [6, 6.07) is 8.70. The quantitative estimate of drug-likeness (QED) is 0.424. The van der Waals surface area contributed by atoms with Crippen molar-refractivity contribution in [3.8, 4) is 11.3 Å². The van der Waals surface area contributed by atoms with Crippen molar-refractivity contribution in [3.63, 3.8) is 0 Å². The molecule has 160 valence electrons. The minimum atomic E-state index is -0.164. The molecule has 2 aromatic heterocycles. The molecule has 1 aliphatic rings. The molecule has 0 radical (unpaired) electrons. The number of rotatable bonds is 4. The smallest absolute Gasteiger partial charge is 0.259 e. The third-order valence-corrected chi connectivity index (χ3v) is 5.90. The molecular weight excluding hydrogens is 441 g/mol. The SMILES string of the molecule is Cc1onc(-c2cccnc2Cl)c1C(=O)N1CCN(c2ccc([N+](C)=O)cc2Cl)CC1. The van der Waals surface area contributed by atoms with Crippen LogP contribution in [-0.4, -0.2) is 58.9 Å². The lowest BCUT2D eigenvalue weighted by Crippen LogP contribution is -2.49. The summed E-state index contributed by atoms with van der Waals surface area (Å²) in [5, 5.41) is 4.82. The number of nitrogens with zero attached hydrogens (tertiary/aromatic N) is 5. The normalized spacial score (nSPS) is 14.1. The largest absolute Gasteiger partial charge is 0.367 e. The van der Waals surface area contributed by atoms with Gasteiger partial charge in [-0.05, 0) is 25.1 Å². The maximum absolute atomic E-state index is 13.3. The van der Waals surface area contributed by atoms with Gasteiger partial charge >= 0.3 is 0 Å². The summed E-state index contributed by atoms with van der Waals surface area (Å²) in [6.07, 6.45) is 1.58. The molecule has 0 bridgehead atoms. The van der Waals surface area contributed by atoms with Crippen molar-refractivity contribution in [1.29, 1.82) is 0 Å². The first-order chi connectivity index (χ1) is 14.9. The molecule has 3 aromatic rings. The number of carbonyl (C=O) groups excluding carboxylic acids is 1. The van der Waals surface area contributed by atoms with Gasteiger partial charge in [-0.2, -0.15) is 0 Å². The van der Waals surface area contributed by atoms with E-state index in [0.29, 0.717) is 59.5 Å². The standard InChI is InChI=1S/C21H20Cl2N5O3/c1-13-18(19(25-31-13)15-4-3-7-24-20(15)23)21(29)28-10-8-27(9-11-28)17-6-5-14(26(2)30)12-16(17)22/h3-7,12H,8-11H2,1-2H3/q+1. The van der Waals surface area contributed by atoms with Crippen molar-refractivity contribution < 1.29 is 14.1 Å². The lowest BCUT2D eigenvalue weighted by Gasteiger charge is -2.36. The van der Waals surface area contributed by atoms with Crippen LogP contribution in [0.4, 0.5) is 11.4 Å². The van der Waals surface area contributed by atoms with Gasteiger partial charge in [-0.1, -0.05) is 28.4 Å². The third-order valence-electron chi connectivity index (χ3n) is 5.29. The van der Waals surface area contributed by atoms with Gasteiger partial charge in [0.05, 0.1) is 10.7 Å². The second-order valence-corrected chi connectivity index (χ2v) is 7.98. The second-order valence-electron chi connectivity index (χ2n) is 7.22. The van der Waals surface area contributed by atoms with E-state index in [1.54, 1.807) is 42.3 Å². The van der Waals surface area contributed by atoms with E-state index in [4.69, 9.17) is 27.7 Å². The predicted molar refractivity (Wildman–Crippen MR) is 118 cm³/mol. The van der Waals surface area contributed by atoms with Crippen LogP contribution in [0.3, 0.4) is 0 Å². The maximum atomic E-state index is 13.3. The molecule has 1 fully saturated rings. The molecule has 8 nitrogen and oxygen atoms in total. The first kappa shape index (κ1) is 21.3. The highest BCUT2D eigenvalue weighted by molar-refractivity contribution is 6.33. The summed E-state index contributed by atoms with van der Waals surface area (Å²) in [5.74, 6) is 0.269. The summed E-state index contributed by atoms with van der Waals surface area (Å²) in [7, 11) is 1.43. The maximum Gasteiger partial charge on any atom is 0.259 e. The number of aryl methyl sites for hydroxylation is 1. The van der Waals surface area contributed by atoms with E-state index in [2.05, 4.69) is 15.0 Å². The Bertz CT molecular complexity index is 1160. The minimum absolute atomic E-state index is 0.164. The minimum Gasteiger partial charge on any atom is -0.367 e. The first-order valence-corrected chi connectivity index (χ1v) is 10.4. The van der Waals surface area contributed by atoms with Gasteiger partial charge < -0.3 is 14.3 Å². The molecule has 1 saturated heterocycles. The molecule has 1 aliphatic heterocycles. The third kappa shape index (κ3) is 4.13. The van der Waals surface area contributed by atoms with E-state index < -0.39 is 0 Å². The van der Waals surface area contributed by atoms with Crippen molar-refractivity contribution in [3.05, 3.63) is 62.9 Å². The van der Waals surface area contributed by atoms with Crippen molar-refractivity contribution in [2.75, 3.05) is 38.1 Å². The topological polar surface area (TPSA) is 82.6 Å². The fourth-order valence-electron chi connectivity index (χ4n) is 3.63. The van der Waals surface area contributed by atoms with Gasteiger partial charge in [-0.15, -0.1) is 0 Å². The van der Waals surface area contributed by atoms with Crippen LogP contribution >= 0.6 is 23.2 Å². The summed E-state index contributed by atoms with van der Waals surface area (Å²) >= 11 is 12.6. The van der Waals surface area contributed by atoms with E-state index >= 15 is 0 Å². The fraction of sp³-hybridized carbons (Fsp3) is 0.286. The van der Waals surface area contributed by atoms with E-state index in [1.165, 1.54) is 7.05 Å².